The molecule has 0 fully saturated rings. The number of hydrogen-bond acceptors (Lipinski definition) is 4. The number of anilines is 1. The molecule has 0 aliphatic rings. The first-order chi connectivity index (χ1) is 6.68. The molecule has 0 aliphatic heterocycles. The number of nitrogens with two attached hydrogens (primary N) is 1. The molecule has 2 rings (SSSR count). The van der Waals surface area contributed by atoms with E-state index >= 15 is 0 Å². The Morgan fingerprint density at radius 2 is 2.29 bits per heavy atom. The third-order valence-electron chi connectivity index (χ3n) is 2.11. The Morgan fingerprint density at radius 3 is 2.79 bits per heavy atom. The van der Waals surface area contributed by atoms with Crippen LogP contribution in [0.4, 0.5) is 5.95 Å². The van der Waals surface area contributed by atoms with E-state index in [2.05, 4.69) is 16.9 Å². The summed E-state index contributed by atoms with van der Waals surface area (Å²) in [6.07, 6.45) is 5.45. The van der Waals surface area contributed by atoms with Crippen LogP contribution in [0.1, 0.15) is 22.9 Å². The van der Waals surface area contributed by atoms with E-state index in [0.29, 0.717) is 5.95 Å². The van der Waals surface area contributed by atoms with Crippen molar-refractivity contribution in [1.29, 1.82) is 0 Å². The van der Waals surface area contributed by atoms with Gasteiger partial charge in [-0.3, -0.25) is 0 Å². The predicted octanol–water partition coefficient (Wildman–Crippen LogP) is 1.84. The van der Waals surface area contributed by atoms with Crippen molar-refractivity contribution in [2.75, 3.05) is 5.73 Å². The number of rotatable bonds is 2. The summed E-state index contributed by atoms with van der Waals surface area (Å²) in [6, 6.07) is 0.163. The Labute approximate surface area is 86.4 Å². The highest BCUT2D eigenvalue weighted by Gasteiger charge is 2.12. The molecule has 0 saturated carbocycles. The van der Waals surface area contributed by atoms with Crippen LogP contribution in [0.2, 0.25) is 0 Å². The number of thiazole rings is 1. The Balaban J connectivity index is 2.33. The summed E-state index contributed by atoms with van der Waals surface area (Å²) in [5.41, 5.74) is 5.71. The minimum atomic E-state index is 0.163. The maximum atomic E-state index is 5.71. The van der Waals surface area contributed by atoms with Gasteiger partial charge in [0.25, 0.3) is 0 Å². The second-order valence-corrected chi connectivity index (χ2v) is 4.44. The fourth-order valence-electron chi connectivity index (χ4n) is 1.34. The van der Waals surface area contributed by atoms with E-state index in [1.54, 1.807) is 17.5 Å². The maximum absolute atomic E-state index is 5.71. The van der Waals surface area contributed by atoms with Crippen LogP contribution >= 0.6 is 11.3 Å². The zero-order valence-corrected chi connectivity index (χ0v) is 8.95. The van der Waals surface area contributed by atoms with Crippen LogP contribution < -0.4 is 5.73 Å². The first-order valence-electron chi connectivity index (χ1n) is 4.39. The molecule has 5 heteroatoms. The Morgan fingerprint density at radius 1 is 1.50 bits per heavy atom. The summed E-state index contributed by atoms with van der Waals surface area (Å²) in [5, 5.41) is 1.06. The summed E-state index contributed by atoms with van der Waals surface area (Å²) in [5.74, 6) is 0.533. The van der Waals surface area contributed by atoms with E-state index in [0.717, 1.165) is 5.01 Å². The van der Waals surface area contributed by atoms with Crippen molar-refractivity contribution in [1.82, 2.24) is 14.5 Å². The van der Waals surface area contributed by atoms with Crippen LogP contribution in [0.5, 0.6) is 0 Å². The molecule has 0 bridgehead atoms. The van der Waals surface area contributed by atoms with E-state index in [-0.39, 0.29) is 6.04 Å². The van der Waals surface area contributed by atoms with Gasteiger partial charge in [0.2, 0.25) is 5.95 Å². The van der Waals surface area contributed by atoms with Gasteiger partial charge in [-0.2, -0.15) is 0 Å². The van der Waals surface area contributed by atoms with Gasteiger partial charge in [0.15, 0.2) is 0 Å². The molecular formula is C9H12N4S. The van der Waals surface area contributed by atoms with Gasteiger partial charge in [0.1, 0.15) is 5.01 Å². The fourth-order valence-corrected chi connectivity index (χ4v) is 2.16. The van der Waals surface area contributed by atoms with Crippen LogP contribution in [-0.2, 0) is 0 Å². The Kier molecular flexibility index (Phi) is 2.25. The quantitative estimate of drug-likeness (QED) is 0.819. The molecule has 1 atom stereocenters. The van der Waals surface area contributed by atoms with Crippen molar-refractivity contribution in [3.05, 3.63) is 28.5 Å². The maximum Gasteiger partial charge on any atom is 0.200 e. The van der Waals surface area contributed by atoms with Crippen LogP contribution in [0, 0.1) is 6.92 Å². The van der Waals surface area contributed by atoms with E-state index < -0.39 is 0 Å². The van der Waals surface area contributed by atoms with Crippen LogP contribution in [-0.4, -0.2) is 14.5 Å². The molecule has 1 unspecified atom stereocenters. The third kappa shape index (κ3) is 1.50. The van der Waals surface area contributed by atoms with Crippen LogP contribution in [0.15, 0.2) is 18.6 Å². The van der Waals surface area contributed by atoms with Gasteiger partial charge < -0.3 is 10.3 Å². The zero-order valence-electron chi connectivity index (χ0n) is 8.14. The average Bonchev–Trinajstić information content (AvgIpc) is 2.73. The van der Waals surface area contributed by atoms with Gasteiger partial charge >= 0.3 is 0 Å². The first kappa shape index (κ1) is 9.21. The minimum Gasteiger partial charge on any atom is -0.369 e. The number of hydrogen-bond donors (Lipinski definition) is 1. The standard InChI is InChI=1S/C9H12N4S/c1-6-5-12-8(14-6)7(2)13-4-3-11-9(13)10/h3-5,7H,1-2H3,(H2,10,11). The first-order valence-corrected chi connectivity index (χ1v) is 5.21. The predicted molar refractivity (Wildman–Crippen MR) is 57.3 cm³/mol. The van der Waals surface area contributed by atoms with Crippen molar-refractivity contribution < 1.29 is 0 Å². The van der Waals surface area contributed by atoms with Gasteiger partial charge in [-0.1, -0.05) is 0 Å². The van der Waals surface area contributed by atoms with Gasteiger partial charge in [0.05, 0.1) is 6.04 Å². The second-order valence-electron chi connectivity index (χ2n) is 3.18. The number of aromatic nitrogens is 3. The molecule has 2 heterocycles. The molecule has 14 heavy (non-hydrogen) atoms. The molecular weight excluding hydrogens is 196 g/mol. The molecule has 4 nitrogen and oxygen atoms in total. The molecule has 2 aromatic rings. The van der Waals surface area contributed by atoms with E-state index in [1.165, 1.54) is 4.88 Å². The fraction of sp³-hybridized carbons (Fsp3) is 0.333. The average molecular weight is 208 g/mol. The molecule has 74 valence electrons. The van der Waals surface area contributed by atoms with Crippen molar-refractivity contribution in [3.8, 4) is 0 Å². The normalized spacial score (nSPS) is 13.0. The van der Waals surface area contributed by atoms with Gasteiger partial charge in [-0.25, -0.2) is 9.97 Å². The SMILES string of the molecule is Cc1cnc(C(C)n2ccnc2N)s1. The summed E-state index contributed by atoms with van der Waals surface area (Å²) in [7, 11) is 0. The van der Waals surface area contributed by atoms with Crippen molar-refractivity contribution in [3.63, 3.8) is 0 Å². The Bertz CT molecular complexity index is 431. The highest BCUT2D eigenvalue weighted by atomic mass is 32.1. The topological polar surface area (TPSA) is 56.7 Å². The monoisotopic (exact) mass is 208 g/mol. The van der Waals surface area contributed by atoms with Crippen LogP contribution in [0.25, 0.3) is 0 Å². The smallest absolute Gasteiger partial charge is 0.200 e. The summed E-state index contributed by atoms with van der Waals surface area (Å²) in [4.78, 5) is 9.53. The van der Waals surface area contributed by atoms with Gasteiger partial charge in [-0.05, 0) is 13.8 Å². The van der Waals surface area contributed by atoms with Crippen LogP contribution in [0.3, 0.4) is 0 Å². The highest BCUT2D eigenvalue weighted by Crippen LogP contribution is 2.24. The number of imidazole rings is 1. The van der Waals surface area contributed by atoms with Crippen molar-refractivity contribution in [2.24, 2.45) is 0 Å². The third-order valence-corrected chi connectivity index (χ3v) is 3.20. The van der Waals surface area contributed by atoms with Crippen molar-refractivity contribution in [2.45, 2.75) is 19.9 Å². The molecule has 2 aromatic heterocycles. The molecule has 2 N–H and O–H groups in total. The number of aryl methyl sites for hydroxylation is 1. The highest BCUT2D eigenvalue weighted by molar-refractivity contribution is 7.11. The largest absolute Gasteiger partial charge is 0.369 e. The Hall–Kier alpha value is -1.36. The van der Waals surface area contributed by atoms with E-state index in [4.69, 9.17) is 5.73 Å². The summed E-state index contributed by atoms with van der Waals surface area (Å²) < 4.78 is 1.91. The molecule has 0 aliphatic carbocycles. The molecule has 0 spiro atoms. The minimum absolute atomic E-state index is 0.163. The van der Waals surface area contributed by atoms with E-state index in [9.17, 15) is 0 Å². The lowest BCUT2D eigenvalue weighted by Gasteiger charge is -2.11. The molecule has 0 saturated heterocycles. The number of nitrogens with zero attached hydrogens (tertiary/aromatic N) is 3. The zero-order chi connectivity index (χ0) is 10.1. The van der Waals surface area contributed by atoms with Gasteiger partial charge in [-0.15, -0.1) is 11.3 Å². The lowest BCUT2D eigenvalue weighted by Crippen LogP contribution is -2.08. The number of nitrogen functional groups attached to an aromatic ring is 1. The lowest BCUT2D eigenvalue weighted by molar-refractivity contribution is 0.644. The molecule has 0 aromatic carbocycles. The second kappa shape index (κ2) is 3.42. The summed E-state index contributed by atoms with van der Waals surface area (Å²) in [6.45, 7) is 4.11. The summed E-state index contributed by atoms with van der Waals surface area (Å²) >= 11 is 1.69. The van der Waals surface area contributed by atoms with Crippen molar-refractivity contribution >= 4 is 17.3 Å². The molecule has 0 amide bonds. The van der Waals surface area contributed by atoms with Gasteiger partial charge in [0, 0.05) is 23.5 Å². The lowest BCUT2D eigenvalue weighted by atomic mass is 10.3. The molecule has 0 radical (unpaired) electrons. The van der Waals surface area contributed by atoms with E-state index in [1.807, 2.05) is 23.9 Å².